The summed E-state index contributed by atoms with van der Waals surface area (Å²) in [7, 11) is 0. The Morgan fingerprint density at radius 3 is 1.75 bits per heavy atom. The molecular weight excluding hydrogens is 242 g/mol. The summed E-state index contributed by atoms with van der Waals surface area (Å²) in [5, 5.41) is 0. The predicted molar refractivity (Wildman–Crippen MR) is 88.7 cm³/mol. The van der Waals surface area contributed by atoms with Crippen molar-refractivity contribution in [3.63, 3.8) is 0 Å². The van der Waals surface area contributed by atoms with Gasteiger partial charge in [-0.15, -0.1) is 0 Å². The molecule has 2 aliphatic rings. The fraction of sp³-hybridized carbons (Fsp3) is 1.00. The fourth-order valence-electron chi connectivity index (χ4n) is 4.72. The second-order valence-corrected chi connectivity index (χ2v) is 7.69. The Morgan fingerprint density at radius 1 is 0.800 bits per heavy atom. The highest BCUT2D eigenvalue weighted by molar-refractivity contribution is 4.87. The monoisotopic (exact) mass is 279 g/mol. The van der Waals surface area contributed by atoms with Crippen molar-refractivity contribution in [1.82, 2.24) is 0 Å². The maximum atomic E-state index is 6.66. The molecule has 0 heterocycles. The minimum absolute atomic E-state index is 0.514. The zero-order valence-corrected chi connectivity index (χ0v) is 13.9. The highest BCUT2D eigenvalue weighted by atomic mass is 14.7. The van der Waals surface area contributed by atoms with Gasteiger partial charge in [0.25, 0.3) is 0 Å². The fourth-order valence-corrected chi connectivity index (χ4v) is 4.72. The zero-order valence-electron chi connectivity index (χ0n) is 13.9. The molecule has 0 aliphatic heterocycles. The van der Waals surface area contributed by atoms with Gasteiger partial charge >= 0.3 is 0 Å². The molecule has 0 aromatic heterocycles. The third kappa shape index (κ3) is 4.48. The van der Waals surface area contributed by atoms with Crippen LogP contribution in [0.1, 0.15) is 90.9 Å². The van der Waals surface area contributed by atoms with Crippen molar-refractivity contribution in [2.24, 2.45) is 29.4 Å². The van der Waals surface area contributed by atoms with Crippen molar-refractivity contribution in [3.05, 3.63) is 0 Å². The molecular formula is C19H37N. The van der Waals surface area contributed by atoms with E-state index in [0.717, 1.165) is 23.7 Å². The molecule has 0 bridgehead atoms. The standard InChI is InChI=1S/C19H37N/c1-3-5-6-16-9-13-18(14-10-16)19(20)17-11-7-15(4-2)8-12-17/h15-19H,3-14,20H2,1-2H3. The van der Waals surface area contributed by atoms with Crippen LogP contribution in [0.25, 0.3) is 0 Å². The van der Waals surface area contributed by atoms with Crippen LogP contribution < -0.4 is 5.73 Å². The van der Waals surface area contributed by atoms with E-state index in [0.29, 0.717) is 6.04 Å². The highest BCUT2D eigenvalue weighted by Crippen LogP contribution is 2.39. The van der Waals surface area contributed by atoms with E-state index < -0.39 is 0 Å². The van der Waals surface area contributed by atoms with Crippen molar-refractivity contribution < 1.29 is 0 Å². The topological polar surface area (TPSA) is 26.0 Å². The Kier molecular flexibility index (Phi) is 6.87. The zero-order chi connectivity index (χ0) is 14.4. The van der Waals surface area contributed by atoms with E-state index in [1.807, 2.05) is 0 Å². The number of unbranched alkanes of at least 4 members (excludes halogenated alkanes) is 1. The molecule has 0 aromatic rings. The first-order chi connectivity index (χ1) is 9.74. The van der Waals surface area contributed by atoms with Crippen LogP contribution in [0.5, 0.6) is 0 Å². The summed E-state index contributed by atoms with van der Waals surface area (Å²) in [6.07, 6.45) is 17.1. The third-order valence-electron chi connectivity index (χ3n) is 6.41. The van der Waals surface area contributed by atoms with E-state index in [9.17, 15) is 0 Å². The van der Waals surface area contributed by atoms with Gasteiger partial charge in [0.2, 0.25) is 0 Å². The number of nitrogens with two attached hydrogens (primary N) is 1. The number of hydrogen-bond acceptors (Lipinski definition) is 1. The van der Waals surface area contributed by atoms with Crippen molar-refractivity contribution in [3.8, 4) is 0 Å². The molecule has 1 heteroatoms. The average molecular weight is 280 g/mol. The first kappa shape index (κ1) is 16.3. The third-order valence-corrected chi connectivity index (χ3v) is 6.41. The Balaban J connectivity index is 1.70. The first-order valence-corrected chi connectivity index (χ1v) is 9.50. The van der Waals surface area contributed by atoms with Gasteiger partial charge in [0, 0.05) is 6.04 Å². The summed E-state index contributed by atoms with van der Waals surface area (Å²) < 4.78 is 0. The maximum absolute atomic E-state index is 6.66. The minimum Gasteiger partial charge on any atom is -0.327 e. The highest BCUT2D eigenvalue weighted by Gasteiger charge is 2.32. The van der Waals surface area contributed by atoms with Crippen LogP contribution in [-0.2, 0) is 0 Å². The number of hydrogen-bond donors (Lipinski definition) is 1. The lowest BCUT2D eigenvalue weighted by Gasteiger charge is -2.39. The smallest absolute Gasteiger partial charge is 0.00956 e. The normalized spacial score (nSPS) is 36.8. The predicted octanol–water partition coefficient (Wildman–Crippen LogP) is 5.53. The summed E-state index contributed by atoms with van der Waals surface area (Å²) in [5.74, 6) is 3.71. The van der Waals surface area contributed by atoms with E-state index in [1.165, 1.54) is 77.0 Å². The van der Waals surface area contributed by atoms with Gasteiger partial charge in [0.05, 0.1) is 0 Å². The Hall–Kier alpha value is -0.0400. The van der Waals surface area contributed by atoms with E-state index in [-0.39, 0.29) is 0 Å². The largest absolute Gasteiger partial charge is 0.327 e. The van der Waals surface area contributed by atoms with Gasteiger partial charge in [0.15, 0.2) is 0 Å². The van der Waals surface area contributed by atoms with E-state index in [1.54, 1.807) is 0 Å². The van der Waals surface area contributed by atoms with Gasteiger partial charge in [0.1, 0.15) is 0 Å². The van der Waals surface area contributed by atoms with E-state index >= 15 is 0 Å². The molecule has 1 atom stereocenters. The van der Waals surface area contributed by atoms with Gasteiger partial charge < -0.3 is 5.73 Å². The maximum Gasteiger partial charge on any atom is 0.00956 e. The quantitative estimate of drug-likeness (QED) is 0.680. The van der Waals surface area contributed by atoms with Gasteiger partial charge in [-0.2, -0.15) is 0 Å². The molecule has 20 heavy (non-hydrogen) atoms. The second kappa shape index (κ2) is 8.41. The number of rotatable bonds is 6. The van der Waals surface area contributed by atoms with Crippen molar-refractivity contribution in [1.29, 1.82) is 0 Å². The van der Waals surface area contributed by atoms with Crippen LogP contribution >= 0.6 is 0 Å². The van der Waals surface area contributed by atoms with Gasteiger partial charge in [-0.1, -0.05) is 65.2 Å². The summed E-state index contributed by atoms with van der Waals surface area (Å²) in [6.45, 7) is 4.66. The molecule has 0 amide bonds. The Bertz CT molecular complexity index is 246. The van der Waals surface area contributed by atoms with Crippen molar-refractivity contribution in [2.75, 3.05) is 0 Å². The van der Waals surface area contributed by atoms with Gasteiger partial charge in [-0.3, -0.25) is 0 Å². The van der Waals surface area contributed by atoms with Crippen LogP contribution in [-0.4, -0.2) is 6.04 Å². The lowest BCUT2D eigenvalue weighted by atomic mass is 9.70. The lowest BCUT2D eigenvalue weighted by Crippen LogP contribution is -2.41. The Morgan fingerprint density at radius 2 is 1.30 bits per heavy atom. The van der Waals surface area contributed by atoms with Crippen molar-refractivity contribution >= 4 is 0 Å². The molecule has 0 saturated heterocycles. The molecule has 0 aromatic carbocycles. The van der Waals surface area contributed by atoms with Gasteiger partial charge in [-0.05, 0) is 49.4 Å². The lowest BCUT2D eigenvalue weighted by molar-refractivity contribution is 0.158. The molecule has 1 nitrogen and oxygen atoms in total. The van der Waals surface area contributed by atoms with Crippen LogP contribution in [0.3, 0.4) is 0 Å². The minimum atomic E-state index is 0.514. The summed E-state index contributed by atoms with van der Waals surface area (Å²) >= 11 is 0. The van der Waals surface area contributed by atoms with Gasteiger partial charge in [-0.25, -0.2) is 0 Å². The van der Waals surface area contributed by atoms with Crippen LogP contribution in [0.2, 0.25) is 0 Å². The first-order valence-electron chi connectivity index (χ1n) is 9.50. The molecule has 2 aliphatic carbocycles. The molecule has 0 radical (unpaired) electrons. The summed E-state index contributed by atoms with van der Waals surface area (Å²) in [5.41, 5.74) is 6.66. The van der Waals surface area contributed by atoms with E-state index in [2.05, 4.69) is 13.8 Å². The molecule has 2 saturated carbocycles. The average Bonchev–Trinajstić information content (AvgIpc) is 2.53. The summed E-state index contributed by atoms with van der Waals surface area (Å²) in [4.78, 5) is 0. The molecule has 2 fully saturated rings. The summed E-state index contributed by atoms with van der Waals surface area (Å²) in [6, 6.07) is 0.514. The van der Waals surface area contributed by atoms with Crippen LogP contribution in [0.4, 0.5) is 0 Å². The van der Waals surface area contributed by atoms with Crippen molar-refractivity contribution in [2.45, 2.75) is 96.9 Å². The molecule has 2 N–H and O–H groups in total. The molecule has 1 unspecified atom stereocenters. The van der Waals surface area contributed by atoms with Crippen LogP contribution in [0.15, 0.2) is 0 Å². The van der Waals surface area contributed by atoms with E-state index in [4.69, 9.17) is 5.73 Å². The Labute approximate surface area is 127 Å². The SMILES string of the molecule is CCCCC1CCC(C(N)C2CCC(CC)CC2)CC1. The van der Waals surface area contributed by atoms with Crippen LogP contribution in [0, 0.1) is 23.7 Å². The molecule has 0 spiro atoms. The molecule has 2 rings (SSSR count). The molecule has 118 valence electrons. The second-order valence-electron chi connectivity index (χ2n) is 7.69.